The molecule has 1 aromatic rings. The number of hydrogen-bond acceptors (Lipinski definition) is 2. The molecule has 0 spiro atoms. The molecule has 1 N–H and O–H groups in total. The fourth-order valence-electron chi connectivity index (χ4n) is 2.96. The van der Waals surface area contributed by atoms with Crippen LogP contribution in [0.15, 0.2) is 18.2 Å². The molecular formula is C16H25NO. The van der Waals surface area contributed by atoms with Gasteiger partial charge in [0.25, 0.3) is 0 Å². The molecule has 2 rings (SSSR count). The van der Waals surface area contributed by atoms with Crippen LogP contribution in [0.1, 0.15) is 36.5 Å². The standard InChI is InChI=1S/C16H25NO/c1-4-14-10-17(9-8-16(14)18)11-15-12(2)6-5-7-13(15)3/h5-7,14,16,18H,4,8-11H2,1-3H3. The molecule has 2 unspecified atom stereocenters. The van der Waals surface area contributed by atoms with Gasteiger partial charge in [0.2, 0.25) is 0 Å². The molecular weight excluding hydrogens is 222 g/mol. The number of aliphatic hydroxyl groups excluding tert-OH is 1. The average molecular weight is 247 g/mol. The summed E-state index contributed by atoms with van der Waals surface area (Å²) in [4.78, 5) is 2.50. The highest BCUT2D eigenvalue weighted by Crippen LogP contribution is 2.23. The van der Waals surface area contributed by atoms with Crippen LogP contribution in [0, 0.1) is 19.8 Å². The first kappa shape index (κ1) is 13.6. The number of aliphatic hydroxyl groups is 1. The normalized spacial score (nSPS) is 25.3. The van der Waals surface area contributed by atoms with E-state index in [2.05, 4.69) is 43.9 Å². The third-order valence-electron chi connectivity index (χ3n) is 4.33. The van der Waals surface area contributed by atoms with Gasteiger partial charge in [-0.3, -0.25) is 4.90 Å². The van der Waals surface area contributed by atoms with E-state index in [0.29, 0.717) is 5.92 Å². The number of hydrogen-bond donors (Lipinski definition) is 1. The van der Waals surface area contributed by atoms with Crippen molar-refractivity contribution < 1.29 is 5.11 Å². The number of nitrogens with zero attached hydrogens (tertiary/aromatic N) is 1. The summed E-state index contributed by atoms with van der Waals surface area (Å²) in [5.41, 5.74) is 4.23. The van der Waals surface area contributed by atoms with E-state index in [-0.39, 0.29) is 6.10 Å². The Kier molecular flexibility index (Phi) is 4.41. The Hall–Kier alpha value is -0.860. The molecule has 1 fully saturated rings. The summed E-state index contributed by atoms with van der Waals surface area (Å²) < 4.78 is 0. The van der Waals surface area contributed by atoms with Crippen molar-refractivity contribution in [1.29, 1.82) is 0 Å². The number of benzene rings is 1. The van der Waals surface area contributed by atoms with Gasteiger partial charge in [0.05, 0.1) is 6.10 Å². The van der Waals surface area contributed by atoms with Crippen molar-refractivity contribution in [3.8, 4) is 0 Å². The van der Waals surface area contributed by atoms with Gasteiger partial charge >= 0.3 is 0 Å². The van der Waals surface area contributed by atoms with Crippen molar-refractivity contribution in [3.63, 3.8) is 0 Å². The fourth-order valence-corrected chi connectivity index (χ4v) is 2.96. The molecule has 2 heteroatoms. The molecule has 18 heavy (non-hydrogen) atoms. The van der Waals surface area contributed by atoms with Crippen molar-refractivity contribution >= 4 is 0 Å². The van der Waals surface area contributed by atoms with Crippen LogP contribution in [0.5, 0.6) is 0 Å². The topological polar surface area (TPSA) is 23.5 Å². The third-order valence-corrected chi connectivity index (χ3v) is 4.33. The van der Waals surface area contributed by atoms with E-state index in [1.807, 2.05) is 0 Å². The zero-order valence-electron chi connectivity index (χ0n) is 11.8. The van der Waals surface area contributed by atoms with Crippen LogP contribution in [0.25, 0.3) is 0 Å². The summed E-state index contributed by atoms with van der Waals surface area (Å²) in [6.07, 6.45) is 1.90. The molecule has 1 aliphatic rings. The van der Waals surface area contributed by atoms with Crippen LogP contribution in [0.2, 0.25) is 0 Å². The summed E-state index contributed by atoms with van der Waals surface area (Å²) in [5, 5.41) is 9.94. The lowest BCUT2D eigenvalue weighted by Crippen LogP contribution is -2.42. The lowest BCUT2D eigenvalue weighted by Gasteiger charge is -2.36. The van der Waals surface area contributed by atoms with E-state index in [1.54, 1.807) is 0 Å². The van der Waals surface area contributed by atoms with Crippen molar-refractivity contribution in [2.24, 2.45) is 5.92 Å². The van der Waals surface area contributed by atoms with Crippen LogP contribution in [-0.2, 0) is 6.54 Å². The van der Waals surface area contributed by atoms with Crippen LogP contribution in [0.3, 0.4) is 0 Å². The SMILES string of the molecule is CCC1CN(Cc2c(C)cccc2C)CCC1O. The molecule has 0 amide bonds. The van der Waals surface area contributed by atoms with E-state index in [4.69, 9.17) is 0 Å². The van der Waals surface area contributed by atoms with E-state index in [0.717, 1.165) is 32.5 Å². The molecule has 2 atom stereocenters. The summed E-state index contributed by atoms with van der Waals surface area (Å²) in [7, 11) is 0. The molecule has 0 aliphatic carbocycles. The molecule has 1 saturated heterocycles. The van der Waals surface area contributed by atoms with Crippen LogP contribution < -0.4 is 0 Å². The minimum atomic E-state index is -0.0933. The first-order valence-corrected chi connectivity index (χ1v) is 7.07. The Morgan fingerprint density at radius 3 is 2.56 bits per heavy atom. The molecule has 1 heterocycles. The van der Waals surface area contributed by atoms with Gasteiger partial charge in [0, 0.05) is 19.6 Å². The zero-order valence-corrected chi connectivity index (χ0v) is 11.8. The van der Waals surface area contributed by atoms with Gasteiger partial charge in [-0.1, -0.05) is 25.1 Å². The van der Waals surface area contributed by atoms with Crippen molar-refractivity contribution in [1.82, 2.24) is 4.90 Å². The lowest BCUT2D eigenvalue weighted by atomic mass is 9.91. The maximum Gasteiger partial charge on any atom is 0.0592 e. The molecule has 2 nitrogen and oxygen atoms in total. The highest BCUT2D eigenvalue weighted by Gasteiger charge is 2.26. The van der Waals surface area contributed by atoms with Crippen molar-refractivity contribution in [2.45, 2.75) is 46.3 Å². The summed E-state index contributed by atoms with van der Waals surface area (Å²) in [6, 6.07) is 6.51. The smallest absolute Gasteiger partial charge is 0.0592 e. The Balaban J connectivity index is 2.06. The zero-order chi connectivity index (χ0) is 13.1. The Morgan fingerprint density at radius 2 is 1.94 bits per heavy atom. The Morgan fingerprint density at radius 1 is 1.28 bits per heavy atom. The maximum atomic E-state index is 9.94. The highest BCUT2D eigenvalue weighted by molar-refractivity contribution is 5.33. The van der Waals surface area contributed by atoms with Gasteiger partial charge in [-0.15, -0.1) is 0 Å². The van der Waals surface area contributed by atoms with Gasteiger partial charge < -0.3 is 5.11 Å². The number of likely N-dealkylation sites (tertiary alicyclic amines) is 1. The third kappa shape index (κ3) is 2.93. The summed E-state index contributed by atoms with van der Waals surface area (Å²) in [5.74, 6) is 0.447. The second-order valence-corrected chi connectivity index (χ2v) is 5.63. The van der Waals surface area contributed by atoms with E-state index in [9.17, 15) is 5.11 Å². The van der Waals surface area contributed by atoms with E-state index >= 15 is 0 Å². The van der Waals surface area contributed by atoms with Gasteiger partial charge in [-0.25, -0.2) is 0 Å². The molecule has 1 aliphatic heterocycles. The number of piperidine rings is 1. The molecule has 0 aromatic heterocycles. The Bertz CT molecular complexity index is 382. The highest BCUT2D eigenvalue weighted by atomic mass is 16.3. The van der Waals surface area contributed by atoms with Crippen molar-refractivity contribution in [3.05, 3.63) is 34.9 Å². The number of rotatable bonds is 3. The van der Waals surface area contributed by atoms with Gasteiger partial charge in [0.1, 0.15) is 0 Å². The maximum absolute atomic E-state index is 9.94. The van der Waals surface area contributed by atoms with Gasteiger partial charge in [-0.2, -0.15) is 0 Å². The largest absolute Gasteiger partial charge is 0.393 e. The van der Waals surface area contributed by atoms with E-state index < -0.39 is 0 Å². The monoisotopic (exact) mass is 247 g/mol. The molecule has 0 saturated carbocycles. The molecule has 100 valence electrons. The minimum Gasteiger partial charge on any atom is -0.393 e. The quantitative estimate of drug-likeness (QED) is 0.888. The lowest BCUT2D eigenvalue weighted by molar-refractivity contribution is 0.0221. The average Bonchev–Trinajstić information content (AvgIpc) is 2.36. The molecule has 0 bridgehead atoms. The Labute approximate surface area is 111 Å². The number of aryl methyl sites for hydroxylation is 2. The first-order valence-electron chi connectivity index (χ1n) is 7.07. The predicted molar refractivity (Wildman–Crippen MR) is 75.6 cm³/mol. The van der Waals surface area contributed by atoms with Crippen LogP contribution in [-0.4, -0.2) is 29.2 Å². The first-order chi connectivity index (χ1) is 8.61. The molecule has 0 radical (unpaired) electrons. The fraction of sp³-hybridized carbons (Fsp3) is 0.625. The van der Waals surface area contributed by atoms with Gasteiger partial charge in [-0.05, 0) is 49.3 Å². The van der Waals surface area contributed by atoms with E-state index in [1.165, 1.54) is 16.7 Å². The second kappa shape index (κ2) is 5.85. The van der Waals surface area contributed by atoms with Crippen LogP contribution >= 0.6 is 0 Å². The predicted octanol–water partition coefficient (Wildman–Crippen LogP) is 2.90. The van der Waals surface area contributed by atoms with Crippen molar-refractivity contribution in [2.75, 3.05) is 13.1 Å². The van der Waals surface area contributed by atoms with Crippen LogP contribution in [0.4, 0.5) is 0 Å². The second-order valence-electron chi connectivity index (χ2n) is 5.63. The summed E-state index contributed by atoms with van der Waals surface area (Å²) >= 11 is 0. The molecule has 1 aromatic carbocycles. The summed E-state index contributed by atoms with van der Waals surface area (Å²) in [6.45, 7) is 9.64. The minimum absolute atomic E-state index is 0.0933. The van der Waals surface area contributed by atoms with Gasteiger partial charge in [0.15, 0.2) is 0 Å².